The molecule has 3 aromatic rings. The predicted molar refractivity (Wildman–Crippen MR) is 117 cm³/mol. The summed E-state index contributed by atoms with van der Waals surface area (Å²) < 4.78 is 43.0. The van der Waals surface area contributed by atoms with Gasteiger partial charge in [0.2, 0.25) is 0 Å². The van der Waals surface area contributed by atoms with Crippen LogP contribution in [0.2, 0.25) is 0 Å². The molecule has 0 unspecified atom stereocenters. The molecule has 3 aromatic carbocycles. The lowest BCUT2D eigenvalue weighted by molar-refractivity contribution is 0.375. The minimum atomic E-state index is -0.857. The molecule has 0 nitrogen and oxygen atoms in total. The Morgan fingerprint density at radius 3 is 1.97 bits per heavy atom. The molecular formula is C27H25F3. The number of rotatable bonds is 4. The second-order valence-corrected chi connectivity index (χ2v) is 8.22. The van der Waals surface area contributed by atoms with E-state index in [-0.39, 0.29) is 16.9 Å². The Morgan fingerprint density at radius 2 is 1.37 bits per heavy atom. The summed E-state index contributed by atoms with van der Waals surface area (Å²) >= 11 is 0. The Balaban J connectivity index is 1.56. The molecule has 0 heterocycles. The molecule has 1 aliphatic carbocycles. The number of halogens is 3. The predicted octanol–water partition coefficient (Wildman–Crippen LogP) is 8.21. The molecule has 0 spiro atoms. The van der Waals surface area contributed by atoms with E-state index < -0.39 is 11.6 Å². The number of benzene rings is 3. The first kappa shape index (κ1) is 20.5. The molecule has 0 aliphatic heterocycles. The topological polar surface area (TPSA) is 0 Å². The molecule has 0 atom stereocenters. The van der Waals surface area contributed by atoms with Crippen LogP contribution in [0.4, 0.5) is 13.2 Å². The molecule has 1 aliphatic rings. The Morgan fingerprint density at radius 1 is 0.767 bits per heavy atom. The summed E-state index contributed by atoms with van der Waals surface area (Å²) in [5.41, 5.74) is 3.31. The van der Waals surface area contributed by atoms with Gasteiger partial charge in [0.1, 0.15) is 5.82 Å². The highest BCUT2D eigenvalue weighted by atomic mass is 19.2. The van der Waals surface area contributed by atoms with Crippen LogP contribution in [0.1, 0.15) is 42.7 Å². The van der Waals surface area contributed by atoms with Crippen LogP contribution in [0, 0.1) is 30.3 Å². The molecule has 30 heavy (non-hydrogen) atoms. The number of allylic oxidation sites excluding steroid dienone is 1. The minimum Gasteiger partial charge on any atom is -0.206 e. The first-order valence-electron chi connectivity index (χ1n) is 10.5. The van der Waals surface area contributed by atoms with Gasteiger partial charge in [-0.3, -0.25) is 0 Å². The van der Waals surface area contributed by atoms with Gasteiger partial charge in [-0.25, -0.2) is 13.2 Å². The Kier molecular flexibility index (Phi) is 5.80. The number of hydrogen-bond acceptors (Lipinski definition) is 0. The molecule has 0 amide bonds. The van der Waals surface area contributed by atoms with Gasteiger partial charge in [-0.05, 0) is 72.8 Å². The monoisotopic (exact) mass is 406 g/mol. The zero-order valence-corrected chi connectivity index (χ0v) is 17.1. The van der Waals surface area contributed by atoms with Crippen molar-refractivity contribution in [1.29, 1.82) is 0 Å². The molecule has 0 saturated heterocycles. The van der Waals surface area contributed by atoms with E-state index in [1.54, 1.807) is 42.5 Å². The smallest absolute Gasteiger partial charge is 0.166 e. The second-order valence-electron chi connectivity index (χ2n) is 8.22. The summed E-state index contributed by atoms with van der Waals surface area (Å²) in [6.07, 6.45) is 6.36. The average molecular weight is 406 g/mol. The van der Waals surface area contributed by atoms with Crippen molar-refractivity contribution in [3.05, 3.63) is 95.8 Å². The molecule has 4 rings (SSSR count). The second kappa shape index (κ2) is 8.51. The van der Waals surface area contributed by atoms with Gasteiger partial charge in [0.25, 0.3) is 0 Å². The average Bonchev–Trinajstić information content (AvgIpc) is 2.78. The van der Waals surface area contributed by atoms with E-state index in [2.05, 4.69) is 6.58 Å². The lowest BCUT2D eigenvalue weighted by Gasteiger charge is -2.27. The molecule has 3 heteroatoms. The van der Waals surface area contributed by atoms with Crippen LogP contribution in [-0.2, 0) is 0 Å². The molecule has 1 saturated carbocycles. The summed E-state index contributed by atoms with van der Waals surface area (Å²) in [7, 11) is 0. The maximum atomic E-state index is 14.9. The normalized spacial score (nSPS) is 18.9. The summed E-state index contributed by atoms with van der Waals surface area (Å²) in [5.74, 6) is -0.967. The molecular weight excluding hydrogens is 381 g/mol. The van der Waals surface area contributed by atoms with Gasteiger partial charge in [-0.15, -0.1) is 6.58 Å². The standard InChI is InChI=1S/C27H25F3/c1-3-18-5-7-19(8-6-18)22-13-15-23(25(28)16-22)20-9-11-21(12-10-20)24-14-4-17(2)26(29)27(24)30/h3-4,9-16,18-19H,1,5-8H2,2H3. The van der Waals surface area contributed by atoms with Crippen LogP contribution in [0.15, 0.2) is 67.3 Å². The maximum absolute atomic E-state index is 14.9. The van der Waals surface area contributed by atoms with Gasteiger partial charge in [0.15, 0.2) is 11.6 Å². The highest BCUT2D eigenvalue weighted by molar-refractivity contribution is 5.71. The van der Waals surface area contributed by atoms with Crippen molar-refractivity contribution >= 4 is 0 Å². The van der Waals surface area contributed by atoms with Crippen molar-refractivity contribution in [1.82, 2.24) is 0 Å². The van der Waals surface area contributed by atoms with E-state index >= 15 is 0 Å². The Labute approximate surface area is 176 Å². The molecule has 0 aromatic heterocycles. The first-order valence-corrected chi connectivity index (χ1v) is 10.5. The van der Waals surface area contributed by atoms with E-state index in [1.165, 1.54) is 6.92 Å². The highest BCUT2D eigenvalue weighted by Gasteiger charge is 2.21. The summed E-state index contributed by atoms with van der Waals surface area (Å²) in [5, 5.41) is 0. The van der Waals surface area contributed by atoms with Gasteiger partial charge < -0.3 is 0 Å². The largest absolute Gasteiger partial charge is 0.206 e. The number of hydrogen-bond donors (Lipinski definition) is 0. The van der Waals surface area contributed by atoms with Crippen LogP contribution >= 0.6 is 0 Å². The zero-order valence-electron chi connectivity index (χ0n) is 17.1. The van der Waals surface area contributed by atoms with E-state index in [0.29, 0.717) is 28.5 Å². The van der Waals surface area contributed by atoms with Gasteiger partial charge in [-0.1, -0.05) is 54.6 Å². The van der Waals surface area contributed by atoms with Crippen LogP contribution < -0.4 is 0 Å². The molecule has 154 valence electrons. The first-order chi connectivity index (χ1) is 14.5. The van der Waals surface area contributed by atoms with E-state index in [9.17, 15) is 13.2 Å². The van der Waals surface area contributed by atoms with E-state index in [4.69, 9.17) is 0 Å². The summed E-state index contributed by atoms with van der Waals surface area (Å²) in [6, 6.07) is 15.5. The number of aryl methyl sites for hydroxylation is 1. The lowest BCUT2D eigenvalue weighted by Crippen LogP contribution is -2.11. The van der Waals surface area contributed by atoms with Gasteiger partial charge in [0, 0.05) is 11.1 Å². The molecule has 0 N–H and O–H groups in total. The SMILES string of the molecule is C=CC1CCC(c2ccc(-c3ccc(-c4ccc(C)c(F)c4F)cc3)c(F)c2)CC1. The molecule has 0 bridgehead atoms. The maximum Gasteiger partial charge on any atom is 0.166 e. The quantitative estimate of drug-likeness (QED) is 0.383. The van der Waals surface area contributed by atoms with Crippen molar-refractivity contribution in [3.63, 3.8) is 0 Å². The van der Waals surface area contributed by atoms with Crippen LogP contribution in [0.3, 0.4) is 0 Å². The third-order valence-electron chi connectivity index (χ3n) is 6.35. The molecule has 1 fully saturated rings. The fraction of sp³-hybridized carbons (Fsp3) is 0.259. The van der Waals surface area contributed by atoms with E-state index in [1.807, 2.05) is 18.2 Å². The third-order valence-corrected chi connectivity index (χ3v) is 6.35. The Bertz CT molecular complexity index is 1060. The van der Waals surface area contributed by atoms with Crippen molar-refractivity contribution in [2.24, 2.45) is 5.92 Å². The fourth-order valence-corrected chi connectivity index (χ4v) is 4.41. The van der Waals surface area contributed by atoms with Gasteiger partial charge >= 0.3 is 0 Å². The van der Waals surface area contributed by atoms with Crippen LogP contribution in [0.25, 0.3) is 22.3 Å². The zero-order chi connectivity index (χ0) is 21.3. The van der Waals surface area contributed by atoms with Crippen molar-refractivity contribution in [2.45, 2.75) is 38.5 Å². The Hall–Kier alpha value is -2.81. The van der Waals surface area contributed by atoms with E-state index in [0.717, 1.165) is 31.2 Å². The summed E-state index contributed by atoms with van der Waals surface area (Å²) in [6.45, 7) is 5.41. The minimum absolute atomic E-state index is 0.204. The third kappa shape index (κ3) is 3.94. The van der Waals surface area contributed by atoms with Crippen molar-refractivity contribution in [2.75, 3.05) is 0 Å². The van der Waals surface area contributed by atoms with Crippen LogP contribution in [-0.4, -0.2) is 0 Å². The van der Waals surface area contributed by atoms with Crippen LogP contribution in [0.5, 0.6) is 0 Å². The van der Waals surface area contributed by atoms with Gasteiger partial charge in [0.05, 0.1) is 0 Å². The summed E-state index contributed by atoms with van der Waals surface area (Å²) in [4.78, 5) is 0. The lowest BCUT2D eigenvalue weighted by atomic mass is 9.78. The van der Waals surface area contributed by atoms with Crippen molar-refractivity contribution < 1.29 is 13.2 Å². The molecule has 0 radical (unpaired) electrons. The highest BCUT2D eigenvalue weighted by Crippen LogP contribution is 2.38. The fourth-order valence-electron chi connectivity index (χ4n) is 4.41. The van der Waals surface area contributed by atoms with Gasteiger partial charge in [-0.2, -0.15) is 0 Å². The van der Waals surface area contributed by atoms with Crippen molar-refractivity contribution in [3.8, 4) is 22.3 Å².